The van der Waals surface area contributed by atoms with E-state index in [1.807, 2.05) is 20.8 Å². The summed E-state index contributed by atoms with van der Waals surface area (Å²) in [5.74, 6) is 2.11. The van der Waals surface area contributed by atoms with Gasteiger partial charge in [0.25, 0.3) is 0 Å². The van der Waals surface area contributed by atoms with Crippen molar-refractivity contribution in [2.75, 3.05) is 43.6 Å². The van der Waals surface area contributed by atoms with Gasteiger partial charge >= 0.3 is 0 Å². The molecule has 0 spiro atoms. The lowest BCUT2D eigenvalue weighted by Gasteiger charge is -2.15. The third-order valence-electron chi connectivity index (χ3n) is 2.81. The monoisotopic (exact) mass is 301 g/mol. The van der Waals surface area contributed by atoms with Crippen LogP contribution in [0.2, 0.25) is 0 Å². The predicted molar refractivity (Wildman–Crippen MR) is 81.6 cm³/mol. The zero-order chi connectivity index (χ0) is 15.3. The lowest BCUT2D eigenvalue weighted by molar-refractivity contribution is 0.521. The zero-order valence-corrected chi connectivity index (χ0v) is 13.5. The minimum atomic E-state index is -3.20. The van der Waals surface area contributed by atoms with Crippen molar-refractivity contribution in [3.05, 3.63) is 11.4 Å². The Balaban J connectivity index is 2.78. The third kappa shape index (κ3) is 4.31. The van der Waals surface area contributed by atoms with Gasteiger partial charge in [0.15, 0.2) is 0 Å². The van der Waals surface area contributed by atoms with E-state index in [0.29, 0.717) is 18.2 Å². The Morgan fingerprint density at radius 2 is 1.65 bits per heavy atom. The minimum absolute atomic E-state index is 0.0268. The van der Waals surface area contributed by atoms with Crippen LogP contribution in [0.5, 0.6) is 0 Å². The SMILES string of the molecule is CCNc1nc(C)nc(NCCS(=O)(=O)N(C)C)c1C. The van der Waals surface area contributed by atoms with Crippen LogP contribution in [0.15, 0.2) is 0 Å². The van der Waals surface area contributed by atoms with E-state index in [1.54, 1.807) is 0 Å². The molecule has 0 unspecified atom stereocenters. The third-order valence-corrected chi connectivity index (χ3v) is 4.64. The zero-order valence-electron chi connectivity index (χ0n) is 12.7. The number of anilines is 2. The first-order valence-corrected chi connectivity index (χ1v) is 8.12. The number of rotatable bonds is 7. The molecular formula is C12H23N5O2S. The maximum atomic E-state index is 11.7. The molecule has 1 aromatic rings. The van der Waals surface area contributed by atoms with Gasteiger partial charge in [-0.05, 0) is 20.8 Å². The molecule has 1 rings (SSSR count). The summed E-state index contributed by atoms with van der Waals surface area (Å²) < 4.78 is 24.6. The number of hydrogen-bond acceptors (Lipinski definition) is 6. The van der Waals surface area contributed by atoms with Crippen molar-refractivity contribution in [1.82, 2.24) is 14.3 Å². The Morgan fingerprint density at radius 1 is 1.10 bits per heavy atom. The first-order chi connectivity index (χ1) is 9.27. The molecule has 0 radical (unpaired) electrons. The topological polar surface area (TPSA) is 87.2 Å². The van der Waals surface area contributed by atoms with E-state index in [0.717, 1.165) is 17.9 Å². The molecule has 0 atom stereocenters. The van der Waals surface area contributed by atoms with Crippen molar-refractivity contribution >= 4 is 21.7 Å². The summed E-state index contributed by atoms with van der Waals surface area (Å²) in [4.78, 5) is 8.63. The van der Waals surface area contributed by atoms with Crippen LogP contribution < -0.4 is 10.6 Å². The van der Waals surface area contributed by atoms with E-state index in [9.17, 15) is 8.42 Å². The average Bonchev–Trinajstić information content (AvgIpc) is 2.34. The number of sulfonamides is 1. The van der Waals surface area contributed by atoms with Gasteiger partial charge in [0.2, 0.25) is 10.0 Å². The average molecular weight is 301 g/mol. The fourth-order valence-electron chi connectivity index (χ4n) is 1.62. The van der Waals surface area contributed by atoms with Crippen LogP contribution in [0.3, 0.4) is 0 Å². The Hall–Kier alpha value is -1.41. The molecule has 1 aromatic heterocycles. The second-order valence-electron chi connectivity index (χ2n) is 4.65. The largest absolute Gasteiger partial charge is 0.370 e. The summed E-state index contributed by atoms with van der Waals surface area (Å²) in [6.07, 6.45) is 0. The maximum absolute atomic E-state index is 11.7. The summed E-state index contributed by atoms with van der Waals surface area (Å²) in [5.41, 5.74) is 0.889. The van der Waals surface area contributed by atoms with Gasteiger partial charge < -0.3 is 10.6 Å². The van der Waals surface area contributed by atoms with Gasteiger partial charge in [-0.25, -0.2) is 22.7 Å². The standard InChI is InChI=1S/C12H23N5O2S/c1-6-13-11-9(2)12(16-10(3)15-11)14-7-8-20(18,19)17(4)5/h6-8H2,1-5H3,(H2,13,14,15,16). The normalized spacial score (nSPS) is 11.7. The molecule has 0 aliphatic rings. The maximum Gasteiger partial charge on any atom is 0.215 e. The number of hydrogen-bond donors (Lipinski definition) is 2. The molecular weight excluding hydrogens is 278 g/mol. The second-order valence-corrected chi connectivity index (χ2v) is 6.95. The van der Waals surface area contributed by atoms with Gasteiger partial charge in [-0.1, -0.05) is 0 Å². The number of nitrogens with one attached hydrogen (secondary N) is 2. The van der Waals surface area contributed by atoms with Crippen LogP contribution in [0, 0.1) is 13.8 Å². The van der Waals surface area contributed by atoms with Crippen molar-refractivity contribution in [2.45, 2.75) is 20.8 Å². The van der Waals surface area contributed by atoms with Crippen molar-refractivity contribution < 1.29 is 8.42 Å². The Morgan fingerprint density at radius 3 is 2.15 bits per heavy atom. The van der Waals surface area contributed by atoms with Crippen LogP contribution in [0.25, 0.3) is 0 Å². The molecule has 0 aliphatic carbocycles. The van der Waals surface area contributed by atoms with E-state index in [1.165, 1.54) is 18.4 Å². The van der Waals surface area contributed by atoms with Crippen LogP contribution >= 0.6 is 0 Å². The van der Waals surface area contributed by atoms with Crippen LogP contribution in [-0.2, 0) is 10.0 Å². The first-order valence-electron chi connectivity index (χ1n) is 6.51. The van der Waals surface area contributed by atoms with E-state index in [-0.39, 0.29) is 5.75 Å². The summed E-state index contributed by atoms with van der Waals surface area (Å²) in [6.45, 7) is 6.78. The molecule has 0 saturated carbocycles. The predicted octanol–water partition coefficient (Wildman–Crippen LogP) is 0.829. The highest BCUT2D eigenvalue weighted by Crippen LogP contribution is 2.19. The minimum Gasteiger partial charge on any atom is -0.370 e. The highest BCUT2D eigenvalue weighted by atomic mass is 32.2. The number of aryl methyl sites for hydroxylation is 1. The summed E-state index contributed by atoms with van der Waals surface area (Å²) >= 11 is 0. The van der Waals surface area contributed by atoms with Crippen molar-refractivity contribution in [1.29, 1.82) is 0 Å². The van der Waals surface area contributed by atoms with Gasteiger partial charge in [0, 0.05) is 32.7 Å². The second kappa shape index (κ2) is 6.85. The highest BCUT2D eigenvalue weighted by molar-refractivity contribution is 7.89. The molecule has 8 heteroatoms. The molecule has 0 bridgehead atoms. The smallest absolute Gasteiger partial charge is 0.215 e. The lowest BCUT2D eigenvalue weighted by atomic mass is 10.3. The van der Waals surface area contributed by atoms with Crippen LogP contribution in [0.4, 0.5) is 11.6 Å². The Bertz CT molecular complexity index is 557. The molecule has 0 amide bonds. The quantitative estimate of drug-likeness (QED) is 0.775. The van der Waals surface area contributed by atoms with Crippen LogP contribution in [-0.4, -0.2) is 55.6 Å². The lowest BCUT2D eigenvalue weighted by Crippen LogP contribution is -2.28. The van der Waals surface area contributed by atoms with E-state index >= 15 is 0 Å². The molecule has 1 heterocycles. The van der Waals surface area contributed by atoms with Gasteiger partial charge in [0.05, 0.1) is 5.75 Å². The van der Waals surface area contributed by atoms with Crippen molar-refractivity contribution in [3.63, 3.8) is 0 Å². The number of aromatic nitrogens is 2. The van der Waals surface area contributed by atoms with Gasteiger partial charge in [-0.15, -0.1) is 0 Å². The molecule has 7 nitrogen and oxygen atoms in total. The summed E-state index contributed by atoms with van der Waals surface area (Å²) in [5, 5.41) is 6.23. The first kappa shape index (κ1) is 16.6. The van der Waals surface area contributed by atoms with E-state index in [2.05, 4.69) is 20.6 Å². The molecule has 2 N–H and O–H groups in total. The highest BCUT2D eigenvalue weighted by Gasteiger charge is 2.14. The summed E-state index contributed by atoms with van der Waals surface area (Å²) in [7, 11) is -0.147. The molecule has 0 aromatic carbocycles. The van der Waals surface area contributed by atoms with E-state index in [4.69, 9.17) is 0 Å². The van der Waals surface area contributed by atoms with Crippen molar-refractivity contribution in [3.8, 4) is 0 Å². The van der Waals surface area contributed by atoms with Gasteiger partial charge in [-0.2, -0.15) is 0 Å². The molecule has 0 fully saturated rings. The van der Waals surface area contributed by atoms with Gasteiger partial charge in [-0.3, -0.25) is 0 Å². The summed E-state index contributed by atoms with van der Waals surface area (Å²) in [6, 6.07) is 0. The molecule has 0 aliphatic heterocycles. The fraction of sp³-hybridized carbons (Fsp3) is 0.667. The molecule has 114 valence electrons. The van der Waals surface area contributed by atoms with Crippen molar-refractivity contribution in [2.24, 2.45) is 0 Å². The molecule has 20 heavy (non-hydrogen) atoms. The van der Waals surface area contributed by atoms with E-state index < -0.39 is 10.0 Å². The van der Waals surface area contributed by atoms with Gasteiger partial charge in [0.1, 0.15) is 17.5 Å². The number of nitrogens with zero attached hydrogens (tertiary/aromatic N) is 3. The molecule has 0 saturated heterocycles. The Labute approximate surface area is 120 Å². The van der Waals surface area contributed by atoms with Crippen LogP contribution in [0.1, 0.15) is 18.3 Å². The Kier molecular flexibility index (Phi) is 5.70. The fourth-order valence-corrected chi connectivity index (χ4v) is 2.35.